The minimum absolute atomic E-state index is 0.594. The van der Waals surface area contributed by atoms with Crippen molar-refractivity contribution < 1.29 is 0 Å². The highest BCUT2D eigenvalue weighted by atomic mass is 15.1. The maximum Gasteiger partial charge on any atom is 0.105 e. The number of imidazole rings is 1. The van der Waals surface area contributed by atoms with Crippen molar-refractivity contribution in [2.75, 3.05) is 6.54 Å². The van der Waals surface area contributed by atoms with Crippen LogP contribution in [0.3, 0.4) is 0 Å². The van der Waals surface area contributed by atoms with Crippen molar-refractivity contribution in [3.63, 3.8) is 0 Å². The molecule has 102 valence electrons. The van der Waals surface area contributed by atoms with Crippen molar-refractivity contribution in [1.82, 2.24) is 14.9 Å². The van der Waals surface area contributed by atoms with Crippen LogP contribution in [-0.4, -0.2) is 16.1 Å². The van der Waals surface area contributed by atoms with Crippen molar-refractivity contribution in [3.8, 4) is 0 Å². The first kappa shape index (κ1) is 13.8. The van der Waals surface area contributed by atoms with Crippen LogP contribution in [0.5, 0.6) is 0 Å². The maximum absolute atomic E-state index is 4.25. The van der Waals surface area contributed by atoms with Gasteiger partial charge in [0.25, 0.3) is 0 Å². The molecule has 3 heteroatoms. The van der Waals surface area contributed by atoms with E-state index in [0.717, 1.165) is 25.5 Å². The fourth-order valence-electron chi connectivity index (χ4n) is 2.26. The van der Waals surface area contributed by atoms with Crippen molar-refractivity contribution >= 4 is 0 Å². The molecule has 0 radical (unpaired) electrons. The third-order valence-corrected chi connectivity index (χ3v) is 3.50. The molecule has 0 saturated carbocycles. The van der Waals surface area contributed by atoms with E-state index in [4.69, 9.17) is 0 Å². The van der Waals surface area contributed by atoms with Gasteiger partial charge in [0.2, 0.25) is 0 Å². The Kier molecular flexibility index (Phi) is 4.74. The number of nitrogens with one attached hydrogen (secondary N) is 1. The summed E-state index contributed by atoms with van der Waals surface area (Å²) in [6.07, 6.45) is 3.91. The quantitative estimate of drug-likeness (QED) is 0.862. The molecule has 1 aromatic carbocycles. The second-order valence-corrected chi connectivity index (χ2v) is 5.29. The molecule has 3 nitrogen and oxygen atoms in total. The maximum atomic E-state index is 4.25. The van der Waals surface area contributed by atoms with Gasteiger partial charge in [-0.2, -0.15) is 0 Å². The number of benzene rings is 1. The summed E-state index contributed by atoms with van der Waals surface area (Å²) in [5.74, 6) is 1.68. The van der Waals surface area contributed by atoms with E-state index < -0.39 is 0 Å². The predicted octanol–water partition coefficient (Wildman–Crippen LogP) is 2.93. The topological polar surface area (TPSA) is 29.9 Å². The van der Waals surface area contributed by atoms with E-state index in [9.17, 15) is 0 Å². The molecular weight excluding hydrogens is 234 g/mol. The third-order valence-electron chi connectivity index (χ3n) is 3.50. The monoisotopic (exact) mass is 257 g/mol. The number of rotatable bonds is 6. The third kappa shape index (κ3) is 3.93. The van der Waals surface area contributed by atoms with Crippen LogP contribution in [0, 0.1) is 19.8 Å². The van der Waals surface area contributed by atoms with E-state index in [1.807, 2.05) is 19.3 Å². The Balaban J connectivity index is 1.77. The smallest absolute Gasteiger partial charge is 0.105 e. The van der Waals surface area contributed by atoms with Crippen LogP contribution in [-0.2, 0) is 13.1 Å². The molecule has 0 spiro atoms. The normalized spacial score (nSPS) is 12.6. The molecule has 1 unspecified atom stereocenters. The molecule has 0 amide bonds. The van der Waals surface area contributed by atoms with Gasteiger partial charge in [-0.25, -0.2) is 4.98 Å². The predicted molar refractivity (Wildman–Crippen MR) is 79.0 cm³/mol. The highest BCUT2D eigenvalue weighted by molar-refractivity contribution is 5.25. The average molecular weight is 257 g/mol. The van der Waals surface area contributed by atoms with E-state index in [2.05, 4.69) is 53.0 Å². The van der Waals surface area contributed by atoms with E-state index in [-0.39, 0.29) is 0 Å². The Morgan fingerprint density at radius 2 is 2.05 bits per heavy atom. The fourth-order valence-corrected chi connectivity index (χ4v) is 2.26. The van der Waals surface area contributed by atoms with Gasteiger partial charge < -0.3 is 9.88 Å². The van der Waals surface area contributed by atoms with Gasteiger partial charge in [0, 0.05) is 25.5 Å². The zero-order valence-electron chi connectivity index (χ0n) is 12.1. The summed E-state index contributed by atoms with van der Waals surface area (Å²) in [7, 11) is 0. The van der Waals surface area contributed by atoms with Crippen LogP contribution in [0.1, 0.15) is 23.9 Å². The molecule has 1 atom stereocenters. The molecule has 1 aromatic heterocycles. The number of hydrogen-bond donors (Lipinski definition) is 1. The van der Waals surface area contributed by atoms with Crippen LogP contribution in [0.15, 0.2) is 36.7 Å². The van der Waals surface area contributed by atoms with Crippen molar-refractivity contribution in [2.45, 2.75) is 33.9 Å². The van der Waals surface area contributed by atoms with Crippen LogP contribution in [0.2, 0.25) is 0 Å². The molecule has 0 saturated heterocycles. The minimum Gasteiger partial charge on any atom is -0.335 e. The number of aromatic nitrogens is 2. The van der Waals surface area contributed by atoms with Crippen LogP contribution in [0.25, 0.3) is 0 Å². The van der Waals surface area contributed by atoms with Gasteiger partial charge in [-0.1, -0.05) is 31.2 Å². The second-order valence-electron chi connectivity index (χ2n) is 5.29. The van der Waals surface area contributed by atoms with Gasteiger partial charge in [-0.05, 0) is 37.4 Å². The van der Waals surface area contributed by atoms with Gasteiger partial charge in [0.15, 0.2) is 0 Å². The van der Waals surface area contributed by atoms with E-state index >= 15 is 0 Å². The molecule has 0 aliphatic rings. The lowest BCUT2D eigenvalue weighted by Gasteiger charge is -2.15. The molecule has 0 bridgehead atoms. The lowest BCUT2D eigenvalue weighted by atomic mass is 10.1. The summed E-state index contributed by atoms with van der Waals surface area (Å²) in [5, 5.41) is 3.54. The summed E-state index contributed by atoms with van der Waals surface area (Å²) >= 11 is 0. The zero-order chi connectivity index (χ0) is 13.7. The van der Waals surface area contributed by atoms with Crippen molar-refractivity contribution in [1.29, 1.82) is 0 Å². The van der Waals surface area contributed by atoms with Gasteiger partial charge in [-0.15, -0.1) is 0 Å². The summed E-state index contributed by atoms with van der Waals surface area (Å²) < 4.78 is 2.21. The summed E-state index contributed by atoms with van der Waals surface area (Å²) in [6, 6.07) is 8.54. The van der Waals surface area contributed by atoms with Gasteiger partial charge in [-0.3, -0.25) is 0 Å². The lowest BCUT2D eigenvalue weighted by Crippen LogP contribution is -2.24. The fraction of sp³-hybridized carbons (Fsp3) is 0.438. The SMILES string of the molecule is Cc1ccccc1CNCC(C)Cn1ccnc1C. The van der Waals surface area contributed by atoms with Gasteiger partial charge in [0.05, 0.1) is 0 Å². The molecule has 0 aliphatic heterocycles. The molecule has 2 aromatic rings. The average Bonchev–Trinajstić information content (AvgIpc) is 2.77. The van der Waals surface area contributed by atoms with Crippen LogP contribution < -0.4 is 5.32 Å². The van der Waals surface area contributed by atoms with Crippen LogP contribution in [0.4, 0.5) is 0 Å². The van der Waals surface area contributed by atoms with Crippen LogP contribution >= 0.6 is 0 Å². The molecular formula is C16H23N3. The summed E-state index contributed by atoms with van der Waals surface area (Å²) in [6.45, 7) is 9.46. The summed E-state index contributed by atoms with van der Waals surface area (Å²) in [5.41, 5.74) is 2.74. The lowest BCUT2D eigenvalue weighted by molar-refractivity contribution is 0.440. The number of aryl methyl sites for hydroxylation is 2. The van der Waals surface area contributed by atoms with Crippen molar-refractivity contribution in [2.24, 2.45) is 5.92 Å². The second kappa shape index (κ2) is 6.53. The number of nitrogens with zero attached hydrogens (tertiary/aromatic N) is 2. The summed E-state index contributed by atoms with van der Waals surface area (Å²) in [4.78, 5) is 4.25. The highest BCUT2D eigenvalue weighted by Gasteiger charge is 2.05. The Morgan fingerprint density at radius 1 is 1.26 bits per heavy atom. The molecule has 1 N–H and O–H groups in total. The van der Waals surface area contributed by atoms with E-state index in [1.54, 1.807) is 0 Å². The minimum atomic E-state index is 0.594. The Morgan fingerprint density at radius 3 is 2.74 bits per heavy atom. The van der Waals surface area contributed by atoms with Crippen molar-refractivity contribution in [3.05, 3.63) is 53.6 Å². The van der Waals surface area contributed by atoms with E-state index in [0.29, 0.717) is 5.92 Å². The molecule has 19 heavy (non-hydrogen) atoms. The standard InChI is InChI=1S/C16H23N3/c1-13(12-19-9-8-18-15(19)3)10-17-11-16-7-5-4-6-14(16)2/h4-9,13,17H,10-12H2,1-3H3. The highest BCUT2D eigenvalue weighted by Crippen LogP contribution is 2.07. The first-order valence-electron chi connectivity index (χ1n) is 6.90. The van der Waals surface area contributed by atoms with E-state index in [1.165, 1.54) is 11.1 Å². The molecule has 0 aliphatic carbocycles. The Bertz CT molecular complexity index is 516. The largest absolute Gasteiger partial charge is 0.335 e. The first-order chi connectivity index (χ1) is 9.16. The Labute approximate surface area is 115 Å². The first-order valence-corrected chi connectivity index (χ1v) is 6.90. The number of hydrogen-bond acceptors (Lipinski definition) is 2. The van der Waals surface area contributed by atoms with Gasteiger partial charge >= 0.3 is 0 Å². The van der Waals surface area contributed by atoms with Gasteiger partial charge in [0.1, 0.15) is 5.82 Å². The zero-order valence-corrected chi connectivity index (χ0v) is 12.1. The molecule has 0 fully saturated rings. The Hall–Kier alpha value is -1.61. The molecule has 1 heterocycles. The molecule has 2 rings (SSSR count).